The Morgan fingerprint density at radius 1 is 1.38 bits per heavy atom. The molecule has 0 saturated carbocycles. The van der Waals surface area contributed by atoms with Crippen LogP contribution in [0.15, 0.2) is 43.0 Å². The fourth-order valence-corrected chi connectivity index (χ4v) is 1.95. The Kier molecular flexibility index (Phi) is 7.01. The van der Waals surface area contributed by atoms with Gasteiger partial charge in [0, 0.05) is 13.6 Å². The van der Waals surface area contributed by atoms with Crippen LogP contribution in [-0.4, -0.2) is 35.6 Å². The van der Waals surface area contributed by atoms with Gasteiger partial charge in [-0.3, -0.25) is 4.79 Å². The second-order valence-electron chi connectivity index (χ2n) is 4.86. The van der Waals surface area contributed by atoms with Crippen LogP contribution in [-0.2, 0) is 4.79 Å². The predicted octanol–water partition coefficient (Wildman–Crippen LogP) is 2.81. The molecule has 2 N–H and O–H groups in total. The number of carboxylic acid groups (broad SMARTS) is 1. The molecular weight excluding hydrogens is 268 g/mol. The Balaban J connectivity index is 2.66. The van der Waals surface area contributed by atoms with Crippen LogP contribution in [0.4, 0.5) is 4.79 Å². The highest BCUT2D eigenvalue weighted by Gasteiger charge is 2.19. The molecule has 1 rings (SSSR count). The van der Waals surface area contributed by atoms with Crippen molar-refractivity contribution in [2.24, 2.45) is 0 Å². The standard InChI is InChI=1S/C16H22N2O3/c1-3-4-8-11-18(2)16(21)17-14(12-15(19)20)13-9-6-5-7-10-13/h3,5-7,9-10,14H,1,4,8,11-12H2,2H3,(H,17,21)(H,19,20). The van der Waals surface area contributed by atoms with E-state index in [1.54, 1.807) is 11.9 Å². The Labute approximate surface area is 125 Å². The minimum absolute atomic E-state index is 0.143. The van der Waals surface area contributed by atoms with Crippen molar-refractivity contribution in [1.29, 1.82) is 0 Å². The van der Waals surface area contributed by atoms with Crippen LogP contribution in [0.1, 0.15) is 30.9 Å². The molecule has 2 amide bonds. The average Bonchev–Trinajstić information content (AvgIpc) is 2.47. The number of nitrogens with zero attached hydrogens (tertiary/aromatic N) is 1. The van der Waals surface area contributed by atoms with Gasteiger partial charge < -0.3 is 15.3 Å². The molecule has 0 spiro atoms. The number of urea groups is 1. The normalized spacial score (nSPS) is 11.5. The molecule has 0 aliphatic carbocycles. The molecule has 1 atom stereocenters. The van der Waals surface area contributed by atoms with E-state index in [1.165, 1.54) is 0 Å². The molecule has 0 bridgehead atoms. The summed E-state index contributed by atoms with van der Waals surface area (Å²) < 4.78 is 0. The third-order valence-corrected chi connectivity index (χ3v) is 3.13. The summed E-state index contributed by atoms with van der Waals surface area (Å²) in [5.41, 5.74) is 0.785. The molecule has 5 nitrogen and oxygen atoms in total. The van der Waals surface area contributed by atoms with Crippen LogP contribution in [0, 0.1) is 0 Å². The number of nitrogens with one attached hydrogen (secondary N) is 1. The van der Waals surface area contributed by atoms with E-state index in [2.05, 4.69) is 11.9 Å². The van der Waals surface area contributed by atoms with Crippen LogP contribution >= 0.6 is 0 Å². The summed E-state index contributed by atoms with van der Waals surface area (Å²) in [5, 5.41) is 11.8. The lowest BCUT2D eigenvalue weighted by Crippen LogP contribution is -2.40. The first kappa shape index (κ1) is 16.8. The van der Waals surface area contributed by atoms with E-state index in [-0.39, 0.29) is 12.5 Å². The van der Waals surface area contributed by atoms with Gasteiger partial charge in [0.25, 0.3) is 0 Å². The minimum Gasteiger partial charge on any atom is -0.481 e. The Hall–Kier alpha value is -2.30. The average molecular weight is 290 g/mol. The van der Waals surface area contributed by atoms with Crippen LogP contribution in [0.3, 0.4) is 0 Å². The molecule has 0 aliphatic rings. The number of carboxylic acids is 1. The number of amides is 2. The fourth-order valence-electron chi connectivity index (χ4n) is 1.95. The van der Waals surface area contributed by atoms with Gasteiger partial charge in [-0.1, -0.05) is 36.4 Å². The van der Waals surface area contributed by atoms with Crippen molar-refractivity contribution in [1.82, 2.24) is 10.2 Å². The highest BCUT2D eigenvalue weighted by molar-refractivity contribution is 5.76. The van der Waals surface area contributed by atoms with E-state index < -0.39 is 12.0 Å². The van der Waals surface area contributed by atoms with Crippen molar-refractivity contribution in [2.45, 2.75) is 25.3 Å². The second kappa shape index (κ2) is 8.79. The predicted molar refractivity (Wildman–Crippen MR) is 82.0 cm³/mol. The number of hydrogen-bond acceptors (Lipinski definition) is 2. The molecule has 1 aromatic rings. The molecule has 0 aromatic heterocycles. The van der Waals surface area contributed by atoms with Crippen molar-refractivity contribution in [3.63, 3.8) is 0 Å². The van der Waals surface area contributed by atoms with Crippen LogP contribution in [0.5, 0.6) is 0 Å². The lowest BCUT2D eigenvalue weighted by molar-refractivity contribution is -0.137. The third kappa shape index (κ3) is 6.12. The van der Waals surface area contributed by atoms with Gasteiger partial charge in [-0.2, -0.15) is 0 Å². The minimum atomic E-state index is -0.946. The molecule has 0 saturated heterocycles. The van der Waals surface area contributed by atoms with Crippen molar-refractivity contribution in [2.75, 3.05) is 13.6 Å². The SMILES string of the molecule is C=CCCCN(C)C(=O)NC(CC(=O)O)c1ccccc1. The lowest BCUT2D eigenvalue weighted by Gasteiger charge is -2.23. The van der Waals surface area contributed by atoms with Crippen molar-refractivity contribution >= 4 is 12.0 Å². The molecule has 1 aromatic carbocycles. The van der Waals surface area contributed by atoms with E-state index in [9.17, 15) is 9.59 Å². The highest BCUT2D eigenvalue weighted by atomic mass is 16.4. The molecular formula is C16H22N2O3. The third-order valence-electron chi connectivity index (χ3n) is 3.13. The summed E-state index contributed by atoms with van der Waals surface area (Å²) in [6, 6.07) is 8.32. The maximum absolute atomic E-state index is 12.1. The zero-order chi connectivity index (χ0) is 15.7. The van der Waals surface area contributed by atoms with Crippen LogP contribution in [0.25, 0.3) is 0 Å². The van der Waals surface area contributed by atoms with E-state index in [4.69, 9.17) is 5.11 Å². The quantitative estimate of drug-likeness (QED) is 0.571. The van der Waals surface area contributed by atoms with Gasteiger partial charge in [0.1, 0.15) is 0 Å². The molecule has 0 fully saturated rings. The van der Waals surface area contributed by atoms with E-state index in [1.807, 2.05) is 36.4 Å². The number of rotatable bonds is 8. The first-order valence-corrected chi connectivity index (χ1v) is 6.94. The number of carbonyl (C=O) groups excluding carboxylic acids is 1. The summed E-state index contributed by atoms with van der Waals surface area (Å²) in [4.78, 5) is 24.6. The summed E-state index contributed by atoms with van der Waals surface area (Å²) in [6.45, 7) is 4.24. The van der Waals surface area contributed by atoms with E-state index in [0.29, 0.717) is 6.54 Å². The molecule has 21 heavy (non-hydrogen) atoms. The zero-order valence-electron chi connectivity index (χ0n) is 12.3. The Morgan fingerprint density at radius 2 is 2.05 bits per heavy atom. The highest BCUT2D eigenvalue weighted by Crippen LogP contribution is 2.16. The maximum atomic E-state index is 12.1. The van der Waals surface area contributed by atoms with Crippen molar-refractivity contribution in [3.05, 3.63) is 48.6 Å². The van der Waals surface area contributed by atoms with Crippen molar-refractivity contribution in [3.8, 4) is 0 Å². The zero-order valence-corrected chi connectivity index (χ0v) is 12.3. The fraction of sp³-hybridized carbons (Fsp3) is 0.375. The van der Waals surface area contributed by atoms with E-state index >= 15 is 0 Å². The number of unbranched alkanes of at least 4 members (excludes halogenated alkanes) is 1. The monoisotopic (exact) mass is 290 g/mol. The molecule has 0 aliphatic heterocycles. The lowest BCUT2D eigenvalue weighted by atomic mass is 10.0. The smallest absolute Gasteiger partial charge is 0.317 e. The van der Waals surface area contributed by atoms with Gasteiger partial charge >= 0.3 is 12.0 Å². The molecule has 1 unspecified atom stereocenters. The largest absolute Gasteiger partial charge is 0.481 e. The number of hydrogen-bond donors (Lipinski definition) is 2. The Morgan fingerprint density at radius 3 is 2.62 bits per heavy atom. The summed E-state index contributed by atoms with van der Waals surface area (Å²) in [6.07, 6.45) is 3.34. The van der Waals surface area contributed by atoms with Gasteiger partial charge in [0.2, 0.25) is 0 Å². The number of aliphatic carboxylic acids is 1. The summed E-state index contributed by atoms with van der Waals surface area (Å²) in [7, 11) is 1.70. The first-order chi connectivity index (χ1) is 10.0. The van der Waals surface area contributed by atoms with Gasteiger partial charge in [-0.05, 0) is 18.4 Å². The number of allylic oxidation sites excluding steroid dienone is 1. The summed E-state index contributed by atoms with van der Waals surface area (Å²) in [5.74, 6) is -0.946. The van der Waals surface area contributed by atoms with Gasteiger partial charge in [0.05, 0.1) is 12.5 Å². The van der Waals surface area contributed by atoms with Crippen LogP contribution in [0.2, 0.25) is 0 Å². The molecule has 114 valence electrons. The Bertz CT molecular complexity index is 474. The van der Waals surface area contributed by atoms with Gasteiger partial charge in [-0.25, -0.2) is 4.79 Å². The topological polar surface area (TPSA) is 69.6 Å². The van der Waals surface area contributed by atoms with Gasteiger partial charge in [0.15, 0.2) is 0 Å². The van der Waals surface area contributed by atoms with Crippen LogP contribution < -0.4 is 5.32 Å². The summed E-state index contributed by atoms with van der Waals surface area (Å²) >= 11 is 0. The number of benzene rings is 1. The molecule has 5 heteroatoms. The van der Waals surface area contributed by atoms with Gasteiger partial charge in [-0.15, -0.1) is 6.58 Å². The first-order valence-electron chi connectivity index (χ1n) is 6.94. The molecule has 0 radical (unpaired) electrons. The number of carbonyl (C=O) groups is 2. The molecule has 0 heterocycles. The van der Waals surface area contributed by atoms with Crippen molar-refractivity contribution < 1.29 is 14.7 Å². The van der Waals surface area contributed by atoms with E-state index in [0.717, 1.165) is 18.4 Å². The second-order valence-corrected chi connectivity index (χ2v) is 4.86. The maximum Gasteiger partial charge on any atom is 0.317 e.